The Bertz CT molecular complexity index is 895. The van der Waals surface area contributed by atoms with Crippen LogP contribution in [-0.4, -0.2) is 34.0 Å². The molecule has 27 heavy (non-hydrogen) atoms. The number of amides is 1. The van der Waals surface area contributed by atoms with Crippen LogP contribution in [0.1, 0.15) is 18.7 Å². The summed E-state index contributed by atoms with van der Waals surface area (Å²) >= 11 is 7.47. The number of aromatic nitrogens is 2. The lowest BCUT2D eigenvalue weighted by Gasteiger charge is -2.30. The Morgan fingerprint density at radius 2 is 2.19 bits per heavy atom. The van der Waals surface area contributed by atoms with Gasteiger partial charge in [0.2, 0.25) is 17.6 Å². The molecule has 1 saturated heterocycles. The number of benzene rings is 1. The number of halogens is 1. The van der Waals surface area contributed by atoms with Crippen molar-refractivity contribution in [3.63, 3.8) is 0 Å². The van der Waals surface area contributed by atoms with Crippen molar-refractivity contribution in [2.24, 2.45) is 5.92 Å². The second-order valence-electron chi connectivity index (χ2n) is 6.56. The maximum atomic E-state index is 12.6. The number of nitrogens with one attached hydrogen (secondary N) is 1. The summed E-state index contributed by atoms with van der Waals surface area (Å²) in [6.45, 7) is 2.15. The van der Waals surface area contributed by atoms with Crippen molar-refractivity contribution in [3.05, 3.63) is 52.7 Å². The fourth-order valence-electron chi connectivity index (χ4n) is 3.21. The molecule has 8 heteroatoms. The number of anilines is 1. The van der Waals surface area contributed by atoms with Gasteiger partial charge in [-0.05, 0) is 55.1 Å². The Morgan fingerprint density at radius 1 is 1.33 bits per heavy atom. The van der Waals surface area contributed by atoms with E-state index in [1.54, 1.807) is 23.5 Å². The number of likely N-dealkylation sites (tertiary alicyclic amines) is 1. The zero-order valence-electron chi connectivity index (χ0n) is 14.6. The minimum Gasteiger partial charge on any atom is -0.338 e. The summed E-state index contributed by atoms with van der Waals surface area (Å²) in [6, 6.07) is 11.1. The van der Waals surface area contributed by atoms with Crippen LogP contribution >= 0.6 is 22.9 Å². The number of hydrogen-bond acceptors (Lipinski definition) is 6. The quantitative estimate of drug-likeness (QED) is 0.688. The molecule has 0 spiro atoms. The molecule has 140 valence electrons. The van der Waals surface area contributed by atoms with Crippen molar-refractivity contribution in [3.8, 4) is 10.7 Å². The first kappa shape index (κ1) is 18.2. The molecule has 1 aliphatic heterocycles. The predicted octanol–water partition coefficient (Wildman–Crippen LogP) is 4.30. The van der Waals surface area contributed by atoms with E-state index in [1.165, 1.54) is 0 Å². The SMILES string of the molecule is O=C(Nc1ccc(Cl)cc1)C1CCCN(Cc2nc(-c3cccs3)no2)C1. The van der Waals surface area contributed by atoms with Gasteiger partial charge in [0.15, 0.2) is 0 Å². The summed E-state index contributed by atoms with van der Waals surface area (Å²) in [5.41, 5.74) is 0.763. The topological polar surface area (TPSA) is 71.3 Å². The summed E-state index contributed by atoms with van der Waals surface area (Å²) < 4.78 is 5.38. The molecule has 0 saturated carbocycles. The number of thiophene rings is 1. The van der Waals surface area contributed by atoms with Crippen LogP contribution < -0.4 is 5.32 Å². The highest BCUT2D eigenvalue weighted by Crippen LogP contribution is 2.24. The third-order valence-electron chi connectivity index (χ3n) is 4.56. The standard InChI is InChI=1S/C19H19ClN4O2S/c20-14-5-7-15(8-6-14)21-19(25)13-3-1-9-24(11-13)12-17-22-18(23-26-17)16-4-2-10-27-16/h2,4-8,10,13H,1,3,9,11-12H2,(H,21,25). The average Bonchev–Trinajstić information content (AvgIpc) is 3.35. The van der Waals surface area contributed by atoms with Gasteiger partial charge >= 0.3 is 0 Å². The van der Waals surface area contributed by atoms with Gasteiger partial charge in [0.25, 0.3) is 0 Å². The average molecular weight is 403 g/mol. The Morgan fingerprint density at radius 3 is 2.96 bits per heavy atom. The highest BCUT2D eigenvalue weighted by molar-refractivity contribution is 7.13. The van der Waals surface area contributed by atoms with Crippen LogP contribution in [0.5, 0.6) is 0 Å². The normalized spacial score (nSPS) is 17.7. The van der Waals surface area contributed by atoms with E-state index in [0.717, 1.165) is 30.0 Å². The largest absolute Gasteiger partial charge is 0.338 e. The molecule has 1 fully saturated rings. The molecule has 4 rings (SSSR count). The number of hydrogen-bond donors (Lipinski definition) is 1. The van der Waals surface area contributed by atoms with Gasteiger partial charge in [-0.3, -0.25) is 9.69 Å². The van der Waals surface area contributed by atoms with E-state index in [9.17, 15) is 4.79 Å². The molecule has 0 aliphatic carbocycles. The molecule has 0 bridgehead atoms. The number of rotatable bonds is 5. The van der Waals surface area contributed by atoms with E-state index >= 15 is 0 Å². The molecule has 2 aromatic heterocycles. The van der Waals surface area contributed by atoms with E-state index in [-0.39, 0.29) is 11.8 Å². The first-order valence-electron chi connectivity index (χ1n) is 8.82. The Balaban J connectivity index is 1.35. The molecule has 1 atom stereocenters. The van der Waals surface area contributed by atoms with Crippen LogP contribution in [0.15, 0.2) is 46.3 Å². The number of piperidine rings is 1. The van der Waals surface area contributed by atoms with Crippen LogP contribution in [-0.2, 0) is 11.3 Å². The molecule has 3 heterocycles. The lowest BCUT2D eigenvalue weighted by atomic mass is 9.97. The fourth-order valence-corrected chi connectivity index (χ4v) is 3.98. The van der Waals surface area contributed by atoms with E-state index in [0.29, 0.717) is 29.8 Å². The summed E-state index contributed by atoms with van der Waals surface area (Å²) in [5.74, 6) is 1.17. The minimum atomic E-state index is -0.0610. The first-order chi connectivity index (χ1) is 13.2. The Hall–Kier alpha value is -2.22. The number of nitrogens with zero attached hydrogens (tertiary/aromatic N) is 3. The van der Waals surface area contributed by atoms with Crippen LogP contribution in [0.4, 0.5) is 5.69 Å². The maximum absolute atomic E-state index is 12.6. The van der Waals surface area contributed by atoms with E-state index in [4.69, 9.17) is 16.1 Å². The highest BCUT2D eigenvalue weighted by atomic mass is 35.5. The summed E-state index contributed by atoms with van der Waals surface area (Å²) in [4.78, 5) is 20.2. The maximum Gasteiger partial charge on any atom is 0.241 e. The van der Waals surface area contributed by atoms with Crippen LogP contribution in [0.25, 0.3) is 10.7 Å². The molecule has 1 unspecified atom stereocenters. The van der Waals surface area contributed by atoms with Gasteiger partial charge in [0.05, 0.1) is 17.3 Å². The van der Waals surface area contributed by atoms with Crippen molar-refractivity contribution < 1.29 is 9.32 Å². The van der Waals surface area contributed by atoms with Crippen molar-refractivity contribution in [1.29, 1.82) is 0 Å². The van der Waals surface area contributed by atoms with Gasteiger partial charge < -0.3 is 9.84 Å². The third-order valence-corrected chi connectivity index (χ3v) is 5.67. The van der Waals surface area contributed by atoms with Crippen molar-refractivity contribution in [1.82, 2.24) is 15.0 Å². The van der Waals surface area contributed by atoms with Crippen molar-refractivity contribution in [2.45, 2.75) is 19.4 Å². The second-order valence-corrected chi connectivity index (χ2v) is 7.94. The lowest BCUT2D eigenvalue weighted by Crippen LogP contribution is -2.40. The molecule has 1 aliphatic rings. The monoisotopic (exact) mass is 402 g/mol. The molecule has 0 radical (unpaired) electrons. The number of carbonyl (C=O) groups excluding carboxylic acids is 1. The minimum absolute atomic E-state index is 0.0341. The van der Waals surface area contributed by atoms with Crippen LogP contribution in [0.3, 0.4) is 0 Å². The lowest BCUT2D eigenvalue weighted by molar-refractivity contribution is -0.121. The molecule has 1 aromatic carbocycles. The zero-order valence-corrected chi connectivity index (χ0v) is 16.2. The fraction of sp³-hybridized carbons (Fsp3) is 0.316. The van der Waals surface area contributed by atoms with Crippen molar-refractivity contribution in [2.75, 3.05) is 18.4 Å². The van der Waals surface area contributed by atoms with Crippen LogP contribution in [0, 0.1) is 5.92 Å². The second kappa shape index (κ2) is 8.21. The van der Waals surface area contributed by atoms with Gasteiger partial charge in [0.1, 0.15) is 0 Å². The predicted molar refractivity (Wildman–Crippen MR) is 106 cm³/mol. The Labute approximate surface area is 166 Å². The van der Waals surface area contributed by atoms with E-state index < -0.39 is 0 Å². The summed E-state index contributed by atoms with van der Waals surface area (Å²) in [5, 5.41) is 9.66. The molecule has 3 aromatic rings. The number of carbonyl (C=O) groups is 1. The third kappa shape index (κ3) is 4.55. The molecule has 1 N–H and O–H groups in total. The summed E-state index contributed by atoms with van der Waals surface area (Å²) in [6.07, 6.45) is 1.84. The van der Waals surface area contributed by atoms with Crippen LogP contribution in [0.2, 0.25) is 5.02 Å². The summed E-state index contributed by atoms with van der Waals surface area (Å²) in [7, 11) is 0. The highest BCUT2D eigenvalue weighted by Gasteiger charge is 2.27. The molecular weight excluding hydrogens is 384 g/mol. The Kier molecular flexibility index (Phi) is 5.52. The molecule has 1 amide bonds. The molecular formula is C19H19ClN4O2S. The zero-order chi connectivity index (χ0) is 18.6. The van der Waals surface area contributed by atoms with Gasteiger partial charge in [-0.15, -0.1) is 11.3 Å². The van der Waals surface area contributed by atoms with Crippen molar-refractivity contribution >= 4 is 34.5 Å². The smallest absolute Gasteiger partial charge is 0.241 e. The van der Waals surface area contributed by atoms with Gasteiger partial charge in [0, 0.05) is 17.3 Å². The molecule has 6 nitrogen and oxygen atoms in total. The first-order valence-corrected chi connectivity index (χ1v) is 10.1. The van der Waals surface area contributed by atoms with E-state index in [1.807, 2.05) is 29.6 Å². The van der Waals surface area contributed by atoms with Gasteiger partial charge in [-0.1, -0.05) is 22.8 Å². The van der Waals surface area contributed by atoms with Gasteiger partial charge in [-0.25, -0.2) is 0 Å². The van der Waals surface area contributed by atoms with E-state index in [2.05, 4.69) is 20.4 Å². The van der Waals surface area contributed by atoms with Gasteiger partial charge in [-0.2, -0.15) is 4.98 Å².